The molecule has 190 valence electrons. The highest BCUT2D eigenvalue weighted by Crippen LogP contribution is 2.42. The Labute approximate surface area is 220 Å². The molecule has 0 aliphatic carbocycles. The van der Waals surface area contributed by atoms with Crippen LogP contribution in [0.5, 0.6) is 11.5 Å². The number of nitrogens with zero attached hydrogens (tertiary/aromatic N) is 1. The van der Waals surface area contributed by atoms with Crippen molar-refractivity contribution in [2.24, 2.45) is 0 Å². The molecule has 0 saturated carbocycles. The molecule has 5 rings (SSSR count). The van der Waals surface area contributed by atoms with E-state index in [0.717, 1.165) is 30.4 Å². The fourth-order valence-corrected chi connectivity index (χ4v) is 4.96. The van der Waals surface area contributed by atoms with E-state index >= 15 is 0 Å². The Morgan fingerprint density at radius 3 is 2.54 bits per heavy atom. The minimum Gasteiger partial charge on any atom is -0.493 e. The summed E-state index contributed by atoms with van der Waals surface area (Å²) in [6, 6.07) is 19.4. The molecule has 1 aliphatic heterocycles. The number of rotatable bonds is 9. The van der Waals surface area contributed by atoms with Gasteiger partial charge in [0.1, 0.15) is 5.58 Å². The standard InChI is InChI=1S/C30H28ClNO5/c1-3-4-8-15-36-24-13-11-20(16-25(24)35-2)27-26-28(33)22-17-21(31)12-14-23(22)37-29(26)30(34)32(27)18-19-9-6-5-7-10-19/h5-7,9-14,16-17,27H,3-4,8,15,18H2,1-2H3. The summed E-state index contributed by atoms with van der Waals surface area (Å²) in [5, 5.41) is 0.765. The number of hydrogen-bond acceptors (Lipinski definition) is 5. The lowest BCUT2D eigenvalue weighted by Gasteiger charge is -2.26. The lowest BCUT2D eigenvalue weighted by Crippen LogP contribution is -2.29. The van der Waals surface area contributed by atoms with E-state index in [2.05, 4.69) is 6.92 Å². The average Bonchev–Trinajstić information content (AvgIpc) is 3.19. The third-order valence-corrected chi connectivity index (χ3v) is 6.87. The summed E-state index contributed by atoms with van der Waals surface area (Å²) in [6.45, 7) is 3.04. The summed E-state index contributed by atoms with van der Waals surface area (Å²) in [7, 11) is 1.58. The molecule has 0 radical (unpaired) electrons. The zero-order valence-electron chi connectivity index (χ0n) is 20.8. The molecule has 7 heteroatoms. The molecule has 4 aromatic rings. The molecule has 0 saturated heterocycles. The van der Waals surface area contributed by atoms with Crippen LogP contribution < -0.4 is 14.9 Å². The second kappa shape index (κ2) is 10.7. The van der Waals surface area contributed by atoms with Gasteiger partial charge in [0.15, 0.2) is 16.9 Å². The zero-order chi connectivity index (χ0) is 25.9. The summed E-state index contributed by atoms with van der Waals surface area (Å²) in [5.74, 6) is 0.887. The SMILES string of the molecule is CCCCCOc1ccc(C2c3c(oc4ccc(Cl)cc4c3=O)C(=O)N2Cc2ccccc2)cc1OC. The van der Waals surface area contributed by atoms with E-state index in [1.165, 1.54) is 0 Å². The first-order chi connectivity index (χ1) is 18.0. The number of carbonyl (C=O) groups is 1. The second-order valence-electron chi connectivity index (χ2n) is 9.10. The topological polar surface area (TPSA) is 69.0 Å². The highest BCUT2D eigenvalue weighted by molar-refractivity contribution is 6.31. The van der Waals surface area contributed by atoms with Gasteiger partial charge >= 0.3 is 0 Å². The number of fused-ring (bicyclic) bond motifs is 2. The van der Waals surface area contributed by atoms with Crippen LogP contribution in [0, 0.1) is 0 Å². The summed E-state index contributed by atoms with van der Waals surface area (Å²) in [6.07, 6.45) is 3.14. The van der Waals surface area contributed by atoms with Crippen LogP contribution in [-0.2, 0) is 6.54 Å². The monoisotopic (exact) mass is 517 g/mol. The van der Waals surface area contributed by atoms with Gasteiger partial charge in [0, 0.05) is 11.6 Å². The van der Waals surface area contributed by atoms with Gasteiger partial charge in [-0.3, -0.25) is 9.59 Å². The normalized spacial score (nSPS) is 14.7. The molecule has 1 atom stereocenters. The van der Waals surface area contributed by atoms with Crippen molar-refractivity contribution in [1.82, 2.24) is 4.90 Å². The third kappa shape index (κ3) is 4.81. The largest absolute Gasteiger partial charge is 0.493 e. The maximum Gasteiger partial charge on any atom is 0.291 e. The Kier molecular flexibility index (Phi) is 7.19. The first-order valence-electron chi connectivity index (χ1n) is 12.4. The molecule has 0 spiro atoms. The van der Waals surface area contributed by atoms with Gasteiger partial charge in [-0.2, -0.15) is 0 Å². The quantitative estimate of drug-likeness (QED) is 0.229. The van der Waals surface area contributed by atoms with Crippen LogP contribution >= 0.6 is 11.6 Å². The van der Waals surface area contributed by atoms with Crippen LogP contribution in [0.4, 0.5) is 0 Å². The average molecular weight is 518 g/mol. The molecular weight excluding hydrogens is 490 g/mol. The zero-order valence-corrected chi connectivity index (χ0v) is 21.6. The first kappa shape index (κ1) is 24.9. The molecule has 1 amide bonds. The van der Waals surface area contributed by atoms with Gasteiger partial charge in [0.25, 0.3) is 5.91 Å². The van der Waals surface area contributed by atoms with Crippen molar-refractivity contribution >= 4 is 28.5 Å². The van der Waals surface area contributed by atoms with Crippen molar-refractivity contribution in [3.8, 4) is 11.5 Å². The van der Waals surface area contributed by atoms with Crippen molar-refractivity contribution in [2.45, 2.75) is 38.8 Å². The van der Waals surface area contributed by atoms with Crippen LogP contribution in [0.15, 0.2) is 75.9 Å². The molecule has 6 nitrogen and oxygen atoms in total. The molecule has 3 aromatic carbocycles. The smallest absolute Gasteiger partial charge is 0.291 e. The molecular formula is C30H28ClNO5. The Hall–Kier alpha value is -3.77. The van der Waals surface area contributed by atoms with Crippen LogP contribution in [0.25, 0.3) is 11.0 Å². The lowest BCUT2D eigenvalue weighted by molar-refractivity contribution is 0.0714. The van der Waals surface area contributed by atoms with Crippen molar-refractivity contribution in [3.63, 3.8) is 0 Å². The summed E-state index contributed by atoms with van der Waals surface area (Å²) < 4.78 is 17.6. The maximum absolute atomic E-state index is 13.8. The Morgan fingerprint density at radius 1 is 0.973 bits per heavy atom. The van der Waals surface area contributed by atoms with E-state index in [4.69, 9.17) is 25.5 Å². The van der Waals surface area contributed by atoms with E-state index < -0.39 is 6.04 Å². The molecule has 1 aromatic heterocycles. The van der Waals surface area contributed by atoms with Crippen LogP contribution in [0.2, 0.25) is 5.02 Å². The van der Waals surface area contributed by atoms with Crippen molar-refractivity contribution in [3.05, 3.63) is 104 Å². The Morgan fingerprint density at radius 2 is 1.78 bits per heavy atom. The van der Waals surface area contributed by atoms with E-state index in [-0.39, 0.29) is 17.1 Å². The van der Waals surface area contributed by atoms with Crippen molar-refractivity contribution in [1.29, 1.82) is 0 Å². The Balaban J connectivity index is 1.62. The minimum absolute atomic E-state index is 0.0552. The predicted molar refractivity (Wildman–Crippen MR) is 144 cm³/mol. The predicted octanol–water partition coefficient (Wildman–Crippen LogP) is 6.77. The van der Waals surface area contributed by atoms with Gasteiger partial charge in [-0.1, -0.05) is 67.8 Å². The van der Waals surface area contributed by atoms with Crippen molar-refractivity contribution in [2.75, 3.05) is 13.7 Å². The molecule has 0 fully saturated rings. The van der Waals surface area contributed by atoms with Gasteiger partial charge in [0.2, 0.25) is 5.76 Å². The number of hydrogen-bond donors (Lipinski definition) is 0. The van der Waals surface area contributed by atoms with E-state index in [1.807, 2.05) is 48.5 Å². The summed E-state index contributed by atoms with van der Waals surface area (Å²) >= 11 is 6.19. The maximum atomic E-state index is 13.8. The van der Waals surface area contributed by atoms with Gasteiger partial charge in [-0.05, 0) is 47.9 Å². The van der Waals surface area contributed by atoms with E-state index in [9.17, 15) is 9.59 Å². The van der Waals surface area contributed by atoms with E-state index in [1.54, 1.807) is 30.2 Å². The minimum atomic E-state index is -0.662. The third-order valence-electron chi connectivity index (χ3n) is 6.63. The van der Waals surface area contributed by atoms with Gasteiger partial charge in [-0.15, -0.1) is 0 Å². The van der Waals surface area contributed by atoms with Crippen molar-refractivity contribution < 1.29 is 18.7 Å². The second-order valence-corrected chi connectivity index (χ2v) is 9.54. The highest BCUT2D eigenvalue weighted by Gasteiger charge is 2.43. The highest BCUT2D eigenvalue weighted by atomic mass is 35.5. The lowest BCUT2D eigenvalue weighted by atomic mass is 9.97. The number of benzene rings is 3. The van der Waals surface area contributed by atoms with E-state index in [0.29, 0.717) is 46.2 Å². The molecule has 0 N–H and O–H groups in total. The number of methoxy groups -OCH3 is 1. The number of unbranched alkanes of at least 4 members (excludes halogenated alkanes) is 2. The van der Waals surface area contributed by atoms with Gasteiger partial charge in [-0.25, -0.2) is 0 Å². The number of ether oxygens (including phenoxy) is 2. The fourth-order valence-electron chi connectivity index (χ4n) is 4.79. The number of halogens is 1. The summed E-state index contributed by atoms with van der Waals surface area (Å²) in [5.41, 5.74) is 2.03. The van der Waals surface area contributed by atoms with Gasteiger partial charge in [0.05, 0.1) is 30.7 Å². The fraction of sp³-hybridized carbons (Fsp3) is 0.267. The Bertz CT molecular complexity index is 1500. The van der Waals surface area contributed by atoms with Crippen LogP contribution in [0.3, 0.4) is 0 Å². The molecule has 1 unspecified atom stereocenters. The molecule has 0 bridgehead atoms. The molecule has 2 heterocycles. The molecule has 1 aliphatic rings. The summed E-state index contributed by atoms with van der Waals surface area (Å²) in [4.78, 5) is 29.1. The number of carbonyl (C=O) groups excluding carboxylic acids is 1. The number of amides is 1. The molecule has 37 heavy (non-hydrogen) atoms. The van der Waals surface area contributed by atoms with Gasteiger partial charge < -0.3 is 18.8 Å². The van der Waals surface area contributed by atoms with Crippen LogP contribution in [-0.4, -0.2) is 24.5 Å². The first-order valence-corrected chi connectivity index (χ1v) is 12.8. The van der Waals surface area contributed by atoms with Crippen LogP contribution in [0.1, 0.15) is 59.5 Å².